The predicted octanol–water partition coefficient (Wildman–Crippen LogP) is 2.84. The second-order valence-electron chi connectivity index (χ2n) is 7.63. The molecule has 0 aliphatic heterocycles. The zero-order chi connectivity index (χ0) is 20.5. The maximum absolute atomic E-state index is 12.2. The number of unbranched alkanes of at least 4 members (excludes halogenated alkanes) is 2. The molecule has 0 aromatic heterocycles. The molecule has 0 radical (unpaired) electrons. The number of aryl methyl sites for hydroxylation is 1. The SMILES string of the molecule is Cc1cc(C[C@H](O)/C=C/[C@H]2[C@H](O)CC(=O)[C@@H]2C/C=C\CCCCO)ccc1O. The van der Waals surface area contributed by atoms with Gasteiger partial charge < -0.3 is 20.4 Å². The highest BCUT2D eigenvalue weighted by atomic mass is 16.3. The Kier molecular flexibility index (Phi) is 8.90. The van der Waals surface area contributed by atoms with Crippen LogP contribution in [0.2, 0.25) is 0 Å². The van der Waals surface area contributed by atoms with Gasteiger partial charge in [-0.25, -0.2) is 0 Å². The fourth-order valence-corrected chi connectivity index (χ4v) is 3.67. The Bertz CT molecular complexity index is 694. The fourth-order valence-electron chi connectivity index (χ4n) is 3.67. The van der Waals surface area contributed by atoms with Gasteiger partial charge in [0.15, 0.2) is 0 Å². The van der Waals surface area contributed by atoms with Gasteiger partial charge in [-0.2, -0.15) is 0 Å². The number of phenolic OH excluding ortho intramolecular Hbond substituents is 1. The molecular weight excluding hydrogens is 356 g/mol. The highest BCUT2D eigenvalue weighted by molar-refractivity contribution is 5.84. The number of hydrogen-bond donors (Lipinski definition) is 4. The summed E-state index contributed by atoms with van der Waals surface area (Å²) in [5.41, 5.74) is 1.68. The van der Waals surface area contributed by atoms with Gasteiger partial charge in [0.25, 0.3) is 0 Å². The number of aliphatic hydroxyl groups is 3. The number of rotatable bonds is 10. The van der Waals surface area contributed by atoms with Gasteiger partial charge in [-0.15, -0.1) is 0 Å². The van der Waals surface area contributed by atoms with E-state index in [9.17, 15) is 20.1 Å². The van der Waals surface area contributed by atoms with E-state index in [1.807, 2.05) is 25.1 Å². The van der Waals surface area contributed by atoms with E-state index in [2.05, 4.69) is 0 Å². The standard InChI is InChI=1S/C23H32O5/c1-16-13-17(8-11-21(16)26)14-18(25)9-10-20-19(22(27)15-23(20)28)7-5-3-2-4-6-12-24/h3,5,8-11,13,18-20,23-26,28H,2,4,6-7,12,14-15H2,1H3/b5-3-,10-9+/t18-,19-,20-,23-/m1/s1. The minimum atomic E-state index is -0.721. The number of benzene rings is 1. The Labute approximate surface area is 167 Å². The van der Waals surface area contributed by atoms with Crippen molar-refractivity contribution in [1.82, 2.24) is 0 Å². The van der Waals surface area contributed by atoms with Crippen LogP contribution in [0.15, 0.2) is 42.5 Å². The van der Waals surface area contributed by atoms with Crippen LogP contribution in [0.5, 0.6) is 5.75 Å². The summed E-state index contributed by atoms with van der Waals surface area (Å²) in [7, 11) is 0. The summed E-state index contributed by atoms with van der Waals surface area (Å²) in [6.45, 7) is 2.00. The highest BCUT2D eigenvalue weighted by Crippen LogP contribution is 2.33. The molecule has 0 unspecified atom stereocenters. The second kappa shape index (κ2) is 11.1. The minimum absolute atomic E-state index is 0.0609. The van der Waals surface area contributed by atoms with Crippen molar-refractivity contribution >= 4 is 5.78 Å². The van der Waals surface area contributed by atoms with Crippen molar-refractivity contribution in [3.8, 4) is 5.75 Å². The lowest BCUT2D eigenvalue weighted by molar-refractivity contribution is -0.121. The van der Waals surface area contributed by atoms with Crippen molar-refractivity contribution in [2.24, 2.45) is 11.8 Å². The van der Waals surface area contributed by atoms with Crippen LogP contribution in [-0.2, 0) is 11.2 Å². The number of ketones is 1. The van der Waals surface area contributed by atoms with Crippen LogP contribution >= 0.6 is 0 Å². The van der Waals surface area contributed by atoms with Gasteiger partial charge in [0.2, 0.25) is 0 Å². The summed E-state index contributed by atoms with van der Waals surface area (Å²) < 4.78 is 0. The van der Waals surface area contributed by atoms with Crippen molar-refractivity contribution in [2.45, 2.75) is 57.7 Å². The molecule has 0 amide bonds. The summed E-state index contributed by atoms with van der Waals surface area (Å²) in [4.78, 5) is 12.2. The van der Waals surface area contributed by atoms with Crippen molar-refractivity contribution < 1.29 is 25.2 Å². The maximum atomic E-state index is 12.2. The van der Waals surface area contributed by atoms with E-state index in [4.69, 9.17) is 5.11 Å². The van der Waals surface area contributed by atoms with E-state index < -0.39 is 12.2 Å². The molecule has 4 N–H and O–H groups in total. The van der Waals surface area contributed by atoms with Crippen LogP contribution < -0.4 is 0 Å². The first-order valence-corrected chi connectivity index (χ1v) is 10.0. The van der Waals surface area contributed by atoms with Crippen molar-refractivity contribution in [3.63, 3.8) is 0 Å². The molecule has 1 aromatic rings. The Morgan fingerprint density at radius 2 is 2.04 bits per heavy atom. The summed E-state index contributed by atoms with van der Waals surface area (Å²) in [5.74, 6) is -0.256. The minimum Gasteiger partial charge on any atom is -0.508 e. The van der Waals surface area contributed by atoms with Gasteiger partial charge in [-0.1, -0.05) is 36.4 Å². The van der Waals surface area contributed by atoms with Gasteiger partial charge >= 0.3 is 0 Å². The number of allylic oxidation sites excluding steroid dienone is 2. The van der Waals surface area contributed by atoms with Gasteiger partial charge in [-0.05, 0) is 49.8 Å². The third-order valence-electron chi connectivity index (χ3n) is 5.33. The van der Waals surface area contributed by atoms with Crippen molar-refractivity contribution in [2.75, 3.05) is 6.61 Å². The molecule has 0 spiro atoms. The Hall–Kier alpha value is -1.95. The molecule has 1 aliphatic carbocycles. The van der Waals surface area contributed by atoms with Gasteiger partial charge in [-0.3, -0.25) is 4.79 Å². The molecule has 1 aromatic carbocycles. The first-order valence-electron chi connectivity index (χ1n) is 10.0. The Morgan fingerprint density at radius 1 is 1.25 bits per heavy atom. The maximum Gasteiger partial charge on any atom is 0.139 e. The molecule has 0 saturated heterocycles. The van der Waals surface area contributed by atoms with Crippen LogP contribution in [0.4, 0.5) is 0 Å². The van der Waals surface area contributed by atoms with Crippen LogP contribution in [0.3, 0.4) is 0 Å². The van der Waals surface area contributed by atoms with Gasteiger partial charge in [0.05, 0.1) is 12.2 Å². The molecule has 5 nitrogen and oxygen atoms in total. The molecule has 1 aliphatic rings. The van der Waals surface area contributed by atoms with Gasteiger partial charge in [0, 0.05) is 31.3 Å². The largest absolute Gasteiger partial charge is 0.508 e. The van der Waals surface area contributed by atoms with E-state index in [0.29, 0.717) is 12.8 Å². The summed E-state index contributed by atoms with van der Waals surface area (Å²) in [6, 6.07) is 5.23. The molecule has 0 bridgehead atoms. The predicted molar refractivity (Wildman–Crippen MR) is 109 cm³/mol. The number of hydrogen-bond acceptors (Lipinski definition) is 5. The summed E-state index contributed by atoms with van der Waals surface area (Å²) >= 11 is 0. The number of phenols is 1. The second-order valence-corrected chi connectivity index (χ2v) is 7.63. The van der Waals surface area contributed by atoms with E-state index in [1.165, 1.54) is 0 Å². The Morgan fingerprint density at radius 3 is 2.75 bits per heavy atom. The van der Waals surface area contributed by atoms with E-state index in [1.54, 1.807) is 24.3 Å². The molecule has 4 atom stereocenters. The molecule has 28 heavy (non-hydrogen) atoms. The number of Topliss-reactive ketones (excluding diaryl/α,β-unsaturated/α-hetero) is 1. The molecule has 2 rings (SSSR count). The average Bonchev–Trinajstić information content (AvgIpc) is 2.92. The Balaban J connectivity index is 1.92. The molecule has 5 heteroatoms. The first-order chi connectivity index (χ1) is 13.4. The number of carbonyl (C=O) groups excluding carboxylic acids is 1. The van der Waals surface area contributed by atoms with Crippen molar-refractivity contribution in [3.05, 3.63) is 53.6 Å². The third-order valence-corrected chi connectivity index (χ3v) is 5.33. The smallest absolute Gasteiger partial charge is 0.139 e. The molecular formula is C23H32O5. The van der Waals surface area contributed by atoms with Crippen LogP contribution in [-0.4, -0.2) is 45.0 Å². The van der Waals surface area contributed by atoms with Crippen LogP contribution in [0, 0.1) is 18.8 Å². The zero-order valence-corrected chi connectivity index (χ0v) is 16.5. The normalized spacial score (nSPS) is 23.9. The lowest BCUT2D eigenvalue weighted by atomic mass is 9.90. The lowest BCUT2D eigenvalue weighted by Crippen LogP contribution is -2.19. The molecule has 1 fully saturated rings. The van der Waals surface area contributed by atoms with Crippen molar-refractivity contribution in [1.29, 1.82) is 0 Å². The van der Waals surface area contributed by atoms with E-state index in [-0.39, 0.29) is 36.4 Å². The first kappa shape index (κ1) is 22.3. The summed E-state index contributed by atoms with van der Waals surface area (Å²) in [5, 5.41) is 38.9. The fraction of sp³-hybridized carbons (Fsp3) is 0.522. The number of aromatic hydroxyl groups is 1. The van der Waals surface area contributed by atoms with Gasteiger partial charge in [0.1, 0.15) is 11.5 Å². The molecule has 1 saturated carbocycles. The molecule has 0 heterocycles. The van der Waals surface area contributed by atoms with Crippen LogP contribution in [0.25, 0.3) is 0 Å². The topological polar surface area (TPSA) is 98.0 Å². The zero-order valence-electron chi connectivity index (χ0n) is 16.5. The number of aliphatic hydroxyl groups excluding tert-OH is 3. The van der Waals surface area contributed by atoms with E-state index in [0.717, 1.165) is 30.4 Å². The average molecular weight is 389 g/mol. The quantitative estimate of drug-likeness (QED) is 0.365. The lowest BCUT2D eigenvalue weighted by Gasteiger charge is -2.17. The monoisotopic (exact) mass is 388 g/mol. The summed E-state index contributed by atoms with van der Waals surface area (Å²) in [6.07, 6.45) is 9.72. The molecule has 154 valence electrons. The third kappa shape index (κ3) is 6.59. The van der Waals surface area contributed by atoms with Crippen LogP contribution in [0.1, 0.15) is 43.2 Å². The van der Waals surface area contributed by atoms with E-state index >= 15 is 0 Å². The number of carbonyl (C=O) groups is 1. The highest BCUT2D eigenvalue weighted by Gasteiger charge is 2.39.